The molecular weight excluding hydrogens is 389 g/mol. The van der Waals surface area contributed by atoms with Crippen molar-refractivity contribution in [2.24, 2.45) is 5.92 Å². The lowest BCUT2D eigenvalue weighted by Crippen LogP contribution is -2.30. The molecule has 4 amide bonds. The molecule has 0 spiro atoms. The number of benzene rings is 1. The van der Waals surface area contributed by atoms with Gasteiger partial charge in [-0.25, -0.2) is 9.18 Å². The quantitative estimate of drug-likeness (QED) is 0.441. The molecule has 1 aliphatic heterocycles. The van der Waals surface area contributed by atoms with Gasteiger partial charge in [-0.15, -0.1) is 0 Å². The van der Waals surface area contributed by atoms with E-state index >= 15 is 0 Å². The first-order valence-corrected chi connectivity index (χ1v) is 10.6. The Morgan fingerprint density at radius 1 is 1.30 bits per heavy atom. The first-order valence-electron chi connectivity index (χ1n) is 10.6. The lowest BCUT2D eigenvalue weighted by Gasteiger charge is -2.26. The molecule has 2 aliphatic rings. The molecule has 1 saturated heterocycles. The molecule has 1 atom stereocenters. The van der Waals surface area contributed by atoms with Crippen molar-refractivity contribution in [3.8, 4) is 5.75 Å². The molecule has 1 aliphatic carbocycles. The number of unbranched alkanes of at least 4 members (excludes halogenated alkanes) is 2. The third-order valence-corrected chi connectivity index (χ3v) is 5.77. The maximum absolute atomic E-state index is 14.0. The number of rotatable bonds is 11. The summed E-state index contributed by atoms with van der Waals surface area (Å²) in [5.74, 6) is 0.148. The van der Waals surface area contributed by atoms with Crippen LogP contribution in [-0.4, -0.2) is 54.4 Å². The normalized spacial score (nSPS) is 17.1. The zero-order chi connectivity index (χ0) is 21.7. The van der Waals surface area contributed by atoms with Gasteiger partial charge in [-0.05, 0) is 56.2 Å². The van der Waals surface area contributed by atoms with Gasteiger partial charge in [0.1, 0.15) is 6.54 Å². The van der Waals surface area contributed by atoms with Crippen molar-refractivity contribution < 1.29 is 23.5 Å². The molecule has 0 bridgehead atoms. The predicted molar refractivity (Wildman–Crippen MR) is 109 cm³/mol. The molecule has 1 aromatic carbocycles. The van der Waals surface area contributed by atoms with Gasteiger partial charge in [-0.1, -0.05) is 12.5 Å². The van der Waals surface area contributed by atoms with Gasteiger partial charge in [-0.2, -0.15) is 0 Å². The number of halogens is 1. The van der Waals surface area contributed by atoms with Crippen molar-refractivity contribution in [1.29, 1.82) is 0 Å². The van der Waals surface area contributed by atoms with Crippen LogP contribution in [0.3, 0.4) is 0 Å². The van der Waals surface area contributed by atoms with Gasteiger partial charge in [0.15, 0.2) is 11.6 Å². The van der Waals surface area contributed by atoms with E-state index in [1.54, 1.807) is 24.1 Å². The molecule has 7 nitrogen and oxygen atoms in total. The fourth-order valence-electron chi connectivity index (χ4n) is 3.42. The minimum Gasteiger partial charge on any atom is -0.490 e. The Morgan fingerprint density at radius 3 is 2.73 bits per heavy atom. The molecule has 0 aromatic heterocycles. The second-order valence-corrected chi connectivity index (χ2v) is 8.21. The monoisotopic (exact) mass is 419 g/mol. The van der Waals surface area contributed by atoms with Crippen molar-refractivity contribution in [3.63, 3.8) is 0 Å². The highest BCUT2D eigenvalue weighted by Gasteiger charge is 2.26. The van der Waals surface area contributed by atoms with Gasteiger partial charge in [-0.3, -0.25) is 14.9 Å². The highest BCUT2D eigenvalue weighted by atomic mass is 19.1. The van der Waals surface area contributed by atoms with Crippen molar-refractivity contribution in [1.82, 2.24) is 15.1 Å². The maximum Gasteiger partial charge on any atom is 0.324 e. The molecule has 1 heterocycles. The van der Waals surface area contributed by atoms with Crippen molar-refractivity contribution >= 4 is 17.8 Å². The highest BCUT2D eigenvalue weighted by Crippen LogP contribution is 2.31. The molecule has 2 fully saturated rings. The number of urea groups is 1. The van der Waals surface area contributed by atoms with Crippen LogP contribution in [0.2, 0.25) is 0 Å². The number of hydrogen-bond acceptors (Lipinski definition) is 4. The van der Waals surface area contributed by atoms with Crippen LogP contribution in [0, 0.1) is 11.7 Å². The van der Waals surface area contributed by atoms with E-state index in [0.717, 1.165) is 31.2 Å². The van der Waals surface area contributed by atoms with Crippen LogP contribution in [0.5, 0.6) is 5.75 Å². The largest absolute Gasteiger partial charge is 0.490 e. The molecule has 30 heavy (non-hydrogen) atoms. The Labute approximate surface area is 176 Å². The zero-order valence-electron chi connectivity index (χ0n) is 17.7. The van der Waals surface area contributed by atoms with E-state index in [2.05, 4.69) is 5.32 Å². The minimum absolute atomic E-state index is 0.0152. The third kappa shape index (κ3) is 5.93. The second-order valence-electron chi connectivity index (χ2n) is 8.21. The van der Waals surface area contributed by atoms with Gasteiger partial charge < -0.3 is 14.5 Å². The van der Waals surface area contributed by atoms with E-state index in [1.807, 2.05) is 6.92 Å². The Balaban J connectivity index is 1.41. The standard InChI is InChI=1S/C22H30FN3O4/c1-15(17-9-10-18(23)19(12-17)30-14-16-7-8-16)25(2)21(28)6-4-3-5-11-26-13-20(27)24-22(26)29/h9-10,12,15-16H,3-8,11,13-14H2,1-2H3,(H,24,27,29)/t15-/m1/s1. The van der Waals surface area contributed by atoms with Crippen LogP contribution in [-0.2, 0) is 9.59 Å². The van der Waals surface area contributed by atoms with E-state index in [9.17, 15) is 18.8 Å². The molecular formula is C22H30FN3O4. The Bertz CT molecular complexity index is 797. The molecule has 1 aromatic rings. The smallest absolute Gasteiger partial charge is 0.324 e. The van der Waals surface area contributed by atoms with Crippen LogP contribution in [0.25, 0.3) is 0 Å². The summed E-state index contributed by atoms with van der Waals surface area (Å²) >= 11 is 0. The molecule has 0 radical (unpaired) electrons. The average Bonchev–Trinajstić information content (AvgIpc) is 3.49. The summed E-state index contributed by atoms with van der Waals surface area (Å²) in [5, 5.41) is 2.25. The molecule has 1 saturated carbocycles. The molecule has 0 unspecified atom stereocenters. The van der Waals surface area contributed by atoms with Crippen LogP contribution < -0.4 is 10.1 Å². The van der Waals surface area contributed by atoms with E-state index in [0.29, 0.717) is 31.9 Å². The van der Waals surface area contributed by atoms with E-state index in [-0.39, 0.29) is 42.0 Å². The van der Waals surface area contributed by atoms with Crippen molar-refractivity contribution in [3.05, 3.63) is 29.6 Å². The average molecular weight is 419 g/mol. The van der Waals surface area contributed by atoms with E-state index in [4.69, 9.17) is 4.74 Å². The third-order valence-electron chi connectivity index (χ3n) is 5.77. The minimum atomic E-state index is -0.381. The van der Waals surface area contributed by atoms with Gasteiger partial charge in [0.05, 0.1) is 12.6 Å². The molecule has 3 rings (SSSR count). The summed E-state index contributed by atoms with van der Waals surface area (Å²) in [7, 11) is 1.75. The highest BCUT2D eigenvalue weighted by molar-refractivity contribution is 6.01. The van der Waals surface area contributed by atoms with Crippen molar-refractivity contribution in [2.75, 3.05) is 26.7 Å². The van der Waals surface area contributed by atoms with Crippen molar-refractivity contribution in [2.45, 2.75) is 51.5 Å². The SMILES string of the molecule is C[C@H](c1ccc(F)c(OCC2CC2)c1)N(C)C(=O)CCCCCN1CC(=O)NC1=O. The van der Waals surface area contributed by atoms with Gasteiger partial charge in [0, 0.05) is 20.0 Å². The van der Waals surface area contributed by atoms with E-state index in [1.165, 1.54) is 11.0 Å². The van der Waals surface area contributed by atoms with Gasteiger partial charge in [0.25, 0.3) is 0 Å². The number of hydrogen-bond donors (Lipinski definition) is 1. The topological polar surface area (TPSA) is 79.0 Å². The van der Waals surface area contributed by atoms with Gasteiger partial charge >= 0.3 is 6.03 Å². The summed E-state index contributed by atoms with van der Waals surface area (Å²) in [5.41, 5.74) is 0.836. The number of amides is 4. The molecule has 1 N–H and O–H groups in total. The predicted octanol–water partition coefficient (Wildman–Crippen LogP) is 3.25. The maximum atomic E-state index is 14.0. The Morgan fingerprint density at radius 2 is 2.07 bits per heavy atom. The molecule has 8 heteroatoms. The summed E-state index contributed by atoms with van der Waals surface area (Å²) < 4.78 is 19.6. The summed E-state index contributed by atoms with van der Waals surface area (Å²) in [6, 6.07) is 4.24. The van der Waals surface area contributed by atoms with Crippen LogP contribution >= 0.6 is 0 Å². The van der Waals surface area contributed by atoms with E-state index < -0.39 is 0 Å². The summed E-state index contributed by atoms with van der Waals surface area (Å²) in [6.45, 7) is 3.08. The Hall–Kier alpha value is -2.64. The lowest BCUT2D eigenvalue weighted by atomic mass is 10.1. The number of carbonyl (C=O) groups is 3. The fraction of sp³-hybridized carbons (Fsp3) is 0.591. The first-order chi connectivity index (χ1) is 14.3. The fourth-order valence-corrected chi connectivity index (χ4v) is 3.42. The summed E-state index contributed by atoms with van der Waals surface area (Å²) in [6.07, 6.45) is 4.92. The number of nitrogens with zero attached hydrogens (tertiary/aromatic N) is 2. The molecule has 164 valence electrons. The zero-order valence-corrected chi connectivity index (χ0v) is 17.7. The summed E-state index contributed by atoms with van der Waals surface area (Å²) in [4.78, 5) is 38.3. The number of ether oxygens (including phenoxy) is 1. The van der Waals surface area contributed by atoms with Crippen LogP contribution in [0.1, 0.15) is 57.1 Å². The number of nitrogens with one attached hydrogen (secondary N) is 1. The van der Waals surface area contributed by atoms with Gasteiger partial charge in [0.2, 0.25) is 11.8 Å². The first kappa shape index (κ1) is 22.1. The van der Waals surface area contributed by atoms with Crippen LogP contribution in [0.15, 0.2) is 18.2 Å². The number of carbonyl (C=O) groups excluding carboxylic acids is 3. The Kier molecular flexibility index (Phi) is 7.29. The van der Waals surface area contributed by atoms with Crippen LogP contribution in [0.4, 0.5) is 9.18 Å². The second kappa shape index (κ2) is 9.91. The number of imide groups is 1. The lowest BCUT2D eigenvalue weighted by molar-refractivity contribution is -0.132.